The molecule has 28 heavy (non-hydrogen) atoms. The van der Waals surface area contributed by atoms with Crippen molar-refractivity contribution in [2.45, 2.75) is 4.90 Å². The van der Waals surface area contributed by atoms with Gasteiger partial charge in [0.1, 0.15) is 16.6 Å². The van der Waals surface area contributed by atoms with Crippen LogP contribution in [0.1, 0.15) is 5.69 Å². The molecule has 0 N–H and O–H groups in total. The number of nitriles is 1. The molecule has 4 rings (SSSR count). The lowest BCUT2D eigenvalue weighted by Crippen LogP contribution is -2.49. The number of pyridine rings is 1. The predicted molar refractivity (Wildman–Crippen MR) is 107 cm³/mol. The maximum absolute atomic E-state index is 13.0. The molecule has 1 fully saturated rings. The molecule has 0 spiro atoms. The molecule has 7 nitrogen and oxygen atoms in total. The van der Waals surface area contributed by atoms with Gasteiger partial charge in [0.05, 0.1) is 10.0 Å². The van der Waals surface area contributed by atoms with Crippen molar-refractivity contribution in [2.24, 2.45) is 0 Å². The van der Waals surface area contributed by atoms with E-state index in [1.54, 1.807) is 22.7 Å². The summed E-state index contributed by atoms with van der Waals surface area (Å²) in [7, 11) is -3.76. The molecule has 1 saturated heterocycles. The van der Waals surface area contributed by atoms with Crippen LogP contribution in [0, 0.1) is 11.3 Å². The van der Waals surface area contributed by atoms with Crippen LogP contribution in [0.15, 0.2) is 47.5 Å². The zero-order valence-corrected chi connectivity index (χ0v) is 16.9. The molecule has 0 bridgehead atoms. The first-order valence-corrected chi connectivity index (χ1v) is 10.7. The number of nitrogens with zero attached hydrogens (tertiary/aromatic N) is 5. The Morgan fingerprint density at radius 3 is 2.50 bits per heavy atom. The molecule has 10 heteroatoms. The summed E-state index contributed by atoms with van der Waals surface area (Å²) in [6.07, 6.45) is 1.78. The highest BCUT2D eigenvalue weighted by Crippen LogP contribution is 2.32. The second-order valence-corrected chi connectivity index (χ2v) is 8.96. The maximum Gasteiger partial charge on any atom is 0.244 e. The van der Waals surface area contributed by atoms with E-state index >= 15 is 0 Å². The summed E-state index contributed by atoms with van der Waals surface area (Å²) in [6.45, 7) is 1.33. The zero-order chi connectivity index (χ0) is 19.9. The van der Waals surface area contributed by atoms with E-state index in [0.29, 0.717) is 30.2 Å². The van der Waals surface area contributed by atoms with Crippen molar-refractivity contribution in [1.82, 2.24) is 13.7 Å². The smallest absolute Gasteiger partial charge is 0.244 e. The molecule has 144 valence electrons. The van der Waals surface area contributed by atoms with Crippen molar-refractivity contribution < 1.29 is 8.42 Å². The van der Waals surface area contributed by atoms with Crippen molar-refractivity contribution in [3.05, 3.63) is 58.3 Å². The van der Waals surface area contributed by atoms with Gasteiger partial charge in [-0.2, -0.15) is 9.57 Å². The molecule has 0 saturated carbocycles. The van der Waals surface area contributed by atoms with Crippen LogP contribution in [-0.4, -0.2) is 48.3 Å². The molecule has 0 aliphatic carbocycles. The Morgan fingerprint density at radius 2 is 1.79 bits per heavy atom. The Hall–Kier alpha value is -2.31. The van der Waals surface area contributed by atoms with Crippen molar-refractivity contribution in [2.75, 3.05) is 31.1 Å². The Morgan fingerprint density at radius 1 is 1.04 bits per heavy atom. The summed E-state index contributed by atoms with van der Waals surface area (Å²) < 4.78 is 29.0. The van der Waals surface area contributed by atoms with E-state index in [-0.39, 0.29) is 28.0 Å². The predicted octanol–water partition coefficient (Wildman–Crippen LogP) is 3.02. The zero-order valence-electron chi connectivity index (χ0n) is 14.6. The fourth-order valence-corrected chi connectivity index (χ4v) is 5.43. The molecule has 0 atom stereocenters. The third-order valence-corrected chi connectivity index (χ3v) is 7.56. The molecule has 0 unspecified atom stereocenters. The molecule has 1 aliphatic heterocycles. The first-order chi connectivity index (χ1) is 13.4. The van der Waals surface area contributed by atoms with E-state index in [4.69, 9.17) is 23.2 Å². The molecule has 1 aliphatic rings. The van der Waals surface area contributed by atoms with Crippen molar-refractivity contribution >= 4 is 44.7 Å². The number of halogens is 2. The summed E-state index contributed by atoms with van der Waals surface area (Å²) in [5.41, 5.74) is 1.11. The van der Waals surface area contributed by atoms with Gasteiger partial charge < -0.3 is 4.90 Å². The normalized spacial score (nSPS) is 15.7. The molecule has 2 aromatic heterocycles. The molecule has 0 amide bonds. The van der Waals surface area contributed by atoms with Crippen LogP contribution in [0.4, 0.5) is 5.82 Å². The summed E-state index contributed by atoms with van der Waals surface area (Å²) in [5, 5.41) is 9.78. The molecule has 1 aromatic carbocycles. The molecule has 0 radical (unpaired) electrons. The lowest BCUT2D eigenvalue weighted by molar-refractivity contribution is 0.384. The number of anilines is 1. The van der Waals surface area contributed by atoms with E-state index < -0.39 is 10.0 Å². The number of aromatic nitrogens is 2. The van der Waals surface area contributed by atoms with Crippen LogP contribution in [0.3, 0.4) is 0 Å². The fourth-order valence-electron chi connectivity index (χ4n) is 3.27. The van der Waals surface area contributed by atoms with E-state index in [9.17, 15) is 13.7 Å². The van der Waals surface area contributed by atoms with E-state index in [0.717, 1.165) is 0 Å². The topological polar surface area (TPSA) is 81.7 Å². The number of rotatable bonds is 3. The third-order valence-electron chi connectivity index (χ3n) is 4.69. The Balaban J connectivity index is 1.59. The number of hydrogen-bond donors (Lipinski definition) is 0. The van der Waals surface area contributed by atoms with Gasteiger partial charge in [-0.25, -0.2) is 13.4 Å². The van der Waals surface area contributed by atoms with Gasteiger partial charge in [0.2, 0.25) is 10.0 Å². The van der Waals surface area contributed by atoms with Gasteiger partial charge in [0.15, 0.2) is 11.5 Å². The van der Waals surface area contributed by atoms with Gasteiger partial charge in [0, 0.05) is 32.4 Å². The fraction of sp³-hybridized carbons (Fsp3) is 0.222. The highest BCUT2D eigenvalue weighted by Gasteiger charge is 2.32. The Bertz CT molecular complexity index is 1190. The van der Waals surface area contributed by atoms with Crippen molar-refractivity contribution in [1.29, 1.82) is 5.26 Å². The van der Waals surface area contributed by atoms with Crippen LogP contribution >= 0.6 is 23.2 Å². The van der Waals surface area contributed by atoms with Crippen LogP contribution in [0.2, 0.25) is 10.0 Å². The molecular formula is C18H15Cl2N5O2S. The minimum atomic E-state index is -3.76. The third kappa shape index (κ3) is 3.10. The average Bonchev–Trinajstić information content (AvgIpc) is 3.08. The number of imidazole rings is 1. The largest absolute Gasteiger partial charge is 0.352 e. The summed E-state index contributed by atoms with van der Waals surface area (Å²) >= 11 is 12.1. The number of sulfonamides is 1. The van der Waals surface area contributed by atoms with Gasteiger partial charge in [0.25, 0.3) is 0 Å². The number of fused-ring (bicyclic) bond motifs is 1. The van der Waals surface area contributed by atoms with Crippen molar-refractivity contribution in [3.63, 3.8) is 0 Å². The SMILES string of the molecule is N#Cc1c(N2CCN(S(=O)(=O)c3cccc(Cl)c3Cl)CC2)nc2ccccn12. The van der Waals surface area contributed by atoms with Crippen molar-refractivity contribution in [3.8, 4) is 6.07 Å². The van der Waals surface area contributed by atoms with Crippen LogP contribution in [0.5, 0.6) is 0 Å². The molecular weight excluding hydrogens is 421 g/mol. The van der Waals surface area contributed by atoms with Gasteiger partial charge in [-0.3, -0.25) is 4.40 Å². The number of benzene rings is 1. The molecule has 3 heterocycles. The van der Waals surface area contributed by atoms with Gasteiger partial charge in [-0.15, -0.1) is 0 Å². The highest BCUT2D eigenvalue weighted by atomic mass is 35.5. The minimum absolute atomic E-state index is 0.000519. The quantitative estimate of drug-likeness (QED) is 0.631. The van der Waals surface area contributed by atoms with Gasteiger partial charge in [-0.1, -0.05) is 35.3 Å². The average molecular weight is 436 g/mol. The maximum atomic E-state index is 13.0. The molecule has 3 aromatic rings. The second kappa shape index (κ2) is 7.26. The lowest BCUT2D eigenvalue weighted by atomic mass is 10.3. The Labute approximate surface area is 172 Å². The van der Waals surface area contributed by atoms with E-state index in [1.165, 1.54) is 10.4 Å². The standard InChI is InChI=1S/C18H15Cl2N5O2S/c19-13-4-3-5-15(17(13)20)28(26,27)24-10-8-23(9-11-24)18-14(12-21)25-7-2-1-6-16(25)22-18/h1-7H,8-11H2. The van der Waals surface area contributed by atoms with Crippen LogP contribution < -0.4 is 4.90 Å². The summed E-state index contributed by atoms with van der Waals surface area (Å²) in [5.74, 6) is 0.562. The minimum Gasteiger partial charge on any atom is -0.352 e. The van der Waals surface area contributed by atoms with Crippen LogP contribution in [0.25, 0.3) is 5.65 Å². The second-order valence-electron chi connectivity index (χ2n) is 6.27. The lowest BCUT2D eigenvalue weighted by Gasteiger charge is -2.34. The van der Waals surface area contributed by atoms with Gasteiger partial charge in [-0.05, 0) is 24.3 Å². The summed E-state index contributed by atoms with van der Waals surface area (Å²) in [4.78, 5) is 6.47. The van der Waals surface area contributed by atoms with E-state index in [1.807, 2.05) is 23.1 Å². The highest BCUT2D eigenvalue weighted by molar-refractivity contribution is 7.89. The Kier molecular flexibility index (Phi) is 4.93. The van der Waals surface area contributed by atoms with Gasteiger partial charge >= 0.3 is 0 Å². The first-order valence-electron chi connectivity index (χ1n) is 8.50. The van der Waals surface area contributed by atoms with Crippen LogP contribution in [-0.2, 0) is 10.0 Å². The number of hydrogen-bond acceptors (Lipinski definition) is 5. The summed E-state index contributed by atoms with van der Waals surface area (Å²) in [6, 6.07) is 12.3. The number of piperazine rings is 1. The monoisotopic (exact) mass is 435 g/mol. The first kappa shape index (κ1) is 19.0. The van der Waals surface area contributed by atoms with E-state index in [2.05, 4.69) is 11.1 Å².